The van der Waals surface area contributed by atoms with Gasteiger partial charge in [0, 0.05) is 5.57 Å². The maximum atomic E-state index is 14.4. The predicted molar refractivity (Wildman–Crippen MR) is 97.7 cm³/mol. The molecule has 0 aliphatic heterocycles. The summed E-state index contributed by atoms with van der Waals surface area (Å²) in [7, 11) is -5.84. The number of alkyl halides is 4. The second-order valence-corrected chi connectivity index (χ2v) is 10.9. The van der Waals surface area contributed by atoms with Gasteiger partial charge in [-0.1, -0.05) is 6.58 Å². The zero-order valence-electron chi connectivity index (χ0n) is 16.9. The number of esters is 2. The molecule has 4 unspecified atom stereocenters. The van der Waals surface area contributed by atoms with Crippen LogP contribution >= 0.6 is 0 Å². The Morgan fingerprint density at radius 2 is 1.65 bits per heavy atom. The zero-order valence-corrected chi connectivity index (χ0v) is 17.8. The molecule has 4 fully saturated rings. The van der Waals surface area contributed by atoms with Crippen molar-refractivity contribution in [3.8, 4) is 0 Å². The molecule has 4 saturated carbocycles. The summed E-state index contributed by atoms with van der Waals surface area (Å²) in [6.07, 6.45) is -7.19. The maximum absolute atomic E-state index is 14.4. The minimum atomic E-state index is -5.84. The molecule has 176 valence electrons. The molecule has 4 aliphatic carbocycles. The number of ether oxygens (including phenoxy) is 2. The first-order chi connectivity index (χ1) is 14.0. The Balaban J connectivity index is 1.82. The van der Waals surface area contributed by atoms with Gasteiger partial charge in [-0.25, -0.2) is 9.18 Å². The molecule has 4 aliphatic rings. The molecule has 31 heavy (non-hydrogen) atoms. The van der Waals surface area contributed by atoms with Gasteiger partial charge in [-0.05, 0) is 63.7 Å². The summed E-state index contributed by atoms with van der Waals surface area (Å²) in [4.78, 5) is 24.8. The molecule has 0 aromatic rings. The van der Waals surface area contributed by atoms with E-state index < -0.39 is 62.7 Å². The number of hydrogen-bond acceptors (Lipinski definition) is 6. The summed E-state index contributed by atoms with van der Waals surface area (Å²) in [6.45, 7) is 5.02. The minimum Gasteiger partial charge on any atom is -0.456 e. The average molecular weight is 472 g/mol. The summed E-state index contributed by atoms with van der Waals surface area (Å²) in [5.74, 6) is -3.77. The van der Waals surface area contributed by atoms with Crippen LogP contribution in [0.25, 0.3) is 0 Å². The van der Waals surface area contributed by atoms with E-state index in [1.54, 1.807) is 0 Å². The van der Waals surface area contributed by atoms with Crippen molar-refractivity contribution in [3.63, 3.8) is 0 Å². The number of rotatable bonds is 6. The van der Waals surface area contributed by atoms with E-state index in [1.165, 1.54) is 6.92 Å². The van der Waals surface area contributed by atoms with Crippen LogP contribution in [0.4, 0.5) is 17.6 Å². The van der Waals surface area contributed by atoms with Gasteiger partial charge in [0.1, 0.15) is 5.60 Å². The second kappa shape index (κ2) is 7.43. The highest BCUT2D eigenvalue weighted by Gasteiger charge is 2.64. The van der Waals surface area contributed by atoms with Crippen molar-refractivity contribution in [2.24, 2.45) is 23.7 Å². The lowest BCUT2D eigenvalue weighted by Crippen LogP contribution is -2.59. The first kappa shape index (κ1) is 24.0. The maximum Gasteiger partial charge on any atom is 0.429 e. The van der Waals surface area contributed by atoms with Crippen LogP contribution in [0.1, 0.15) is 46.0 Å². The molecule has 0 radical (unpaired) electrons. The van der Waals surface area contributed by atoms with E-state index in [9.17, 15) is 35.6 Å². The molecule has 1 N–H and O–H groups in total. The summed E-state index contributed by atoms with van der Waals surface area (Å²) in [5, 5.41) is -4.27. The van der Waals surface area contributed by atoms with Crippen molar-refractivity contribution in [1.82, 2.24) is 0 Å². The molecule has 0 heterocycles. The molecule has 0 aromatic heterocycles. The van der Waals surface area contributed by atoms with Crippen LogP contribution in [0, 0.1) is 23.7 Å². The lowest BCUT2D eigenvalue weighted by Gasteiger charge is -2.58. The fourth-order valence-corrected chi connectivity index (χ4v) is 5.99. The number of hydrogen-bond donors (Lipinski definition) is 1. The van der Waals surface area contributed by atoms with Crippen molar-refractivity contribution >= 4 is 22.1 Å². The van der Waals surface area contributed by atoms with Crippen LogP contribution in [0.2, 0.25) is 0 Å². The molecular weight excluding hydrogens is 448 g/mol. The summed E-state index contributed by atoms with van der Waals surface area (Å²) < 4.78 is 95.8. The molecule has 7 nitrogen and oxygen atoms in total. The quantitative estimate of drug-likeness (QED) is 0.273. The predicted octanol–water partition coefficient (Wildman–Crippen LogP) is 3.35. The highest BCUT2D eigenvalue weighted by atomic mass is 32.2. The molecule has 12 heteroatoms. The Labute approximate surface area is 176 Å². The Morgan fingerprint density at radius 1 is 1.13 bits per heavy atom. The van der Waals surface area contributed by atoms with E-state index in [0.29, 0.717) is 19.3 Å². The molecule has 4 atom stereocenters. The van der Waals surface area contributed by atoms with E-state index in [2.05, 4.69) is 11.3 Å². The molecule has 0 aromatic carbocycles. The molecular formula is C19H24F4O7S. The van der Waals surface area contributed by atoms with Crippen molar-refractivity contribution in [1.29, 1.82) is 0 Å². The van der Waals surface area contributed by atoms with Crippen LogP contribution in [0.5, 0.6) is 0 Å². The van der Waals surface area contributed by atoms with Crippen LogP contribution in [-0.2, 0) is 29.2 Å². The van der Waals surface area contributed by atoms with E-state index in [-0.39, 0.29) is 31.3 Å². The Hall–Kier alpha value is -1.69. The third-order valence-electron chi connectivity index (χ3n) is 6.65. The second-order valence-electron chi connectivity index (χ2n) is 9.17. The van der Waals surface area contributed by atoms with Crippen molar-refractivity contribution < 1.29 is 49.6 Å². The Kier molecular flexibility index (Phi) is 5.74. The van der Waals surface area contributed by atoms with Gasteiger partial charge in [0.15, 0.2) is 0 Å². The Bertz CT molecular complexity index is 879. The monoisotopic (exact) mass is 472 g/mol. The SMILES string of the molecule is C=C(C)C(=O)OC12CC3CC(C1)C(C(=O)OC(C(F)(F)F)C(C)(F)S(=O)(=O)O)C(C3)C2. The van der Waals surface area contributed by atoms with E-state index in [0.717, 1.165) is 0 Å². The number of carbonyl (C=O) groups is 2. The topological polar surface area (TPSA) is 107 Å². The van der Waals surface area contributed by atoms with Gasteiger partial charge in [-0.15, -0.1) is 0 Å². The van der Waals surface area contributed by atoms with E-state index in [1.807, 2.05) is 0 Å². The standard InChI is InChI=1S/C19H24F4O7S/c1-9(2)14(24)30-18-6-10-4-11(7-18)13(12(5-10)8-18)15(25)29-16(19(21,22)23)17(3,20)31(26,27)28/h10-13,16H,1,4-8H2,2-3H3,(H,26,27,28). The highest BCUT2D eigenvalue weighted by molar-refractivity contribution is 7.87. The third-order valence-corrected chi connectivity index (χ3v) is 7.87. The molecule has 0 spiro atoms. The van der Waals surface area contributed by atoms with Crippen LogP contribution in [0.15, 0.2) is 12.2 Å². The molecule has 4 rings (SSSR count). The van der Waals surface area contributed by atoms with Crippen molar-refractivity contribution in [3.05, 3.63) is 12.2 Å². The number of halogens is 4. The van der Waals surface area contributed by atoms with Crippen molar-refractivity contribution in [2.75, 3.05) is 0 Å². The normalized spacial score (nSPS) is 35.2. The lowest BCUT2D eigenvalue weighted by molar-refractivity contribution is -0.248. The van der Waals surface area contributed by atoms with Gasteiger partial charge < -0.3 is 9.47 Å². The summed E-state index contributed by atoms with van der Waals surface area (Å²) >= 11 is 0. The number of carbonyl (C=O) groups excluding carboxylic acids is 2. The van der Waals surface area contributed by atoms with Crippen molar-refractivity contribution in [2.45, 2.75) is 68.8 Å². The fourth-order valence-electron chi connectivity index (χ4n) is 5.54. The van der Waals surface area contributed by atoms with Gasteiger partial charge in [-0.3, -0.25) is 9.35 Å². The first-order valence-corrected chi connectivity index (χ1v) is 11.2. The molecule has 4 bridgehead atoms. The van der Waals surface area contributed by atoms with Crippen LogP contribution < -0.4 is 0 Å². The van der Waals surface area contributed by atoms with Crippen LogP contribution in [0.3, 0.4) is 0 Å². The molecule has 0 amide bonds. The van der Waals surface area contributed by atoms with Crippen LogP contribution in [-0.4, -0.2) is 47.8 Å². The van der Waals surface area contributed by atoms with Gasteiger partial charge in [0.05, 0.1) is 5.92 Å². The average Bonchev–Trinajstić information content (AvgIpc) is 2.56. The Morgan fingerprint density at radius 3 is 2.06 bits per heavy atom. The van der Waals surface area contributed by atoms with Gasteiger partial charge in [0.2, 0.25) is 6.10 Å². The molecule has 0 saturated heterocycles. The van der Waals surface area contributed by atoms with Gasteiger partial charge in [-0.2, -0.15) is 21.6 Å². The van der Waals surface area contributed by atoms with E-state index in [4.69, 9.17) is 9.29 Å². The minimum absolute atomic E-state index is 0.00325. The zero-order chi connectivity index (χ0) is 23.6. The highest BCUT2D eigenvalue weighted by Crippen LogP contribution is 2.60. The van der Waals surface area contributed by atoms with E-state index >= 15 is 0 Å². The van der Waals surface area contributed by atoms with Gasteiger partial charge in [0.25, 0.3) is 5.00 Å². The first-order valence-electron chi connectivity index (χ1n) is 9.79. The van der Waals surface area contributed by atoms with Gasteiger partial charge >= 0.3 is 28.2 Å². The summed E-state index contributed by atoms with van der Waals surface area (Å²) in [5.41, 5.74) is -0.636. The third kappa shape index (κ3) is 4.33. The largest absolute Gasteiger partial charge is 0.456 e. The fraction of sp³-hybridized carbons (Fsp3) is 0.789. The summed E-state index contributed by atoms with van der Waals surface area (Å²) in [6, 6.07) is 0. The smallest absolute Gasteiger partial charge is 0.429 e. The lowest BCUT2D eigenvalue weighted by atomic mass is 9.50.